The number of hydrogen-bond acceptors (Lipinski definition) is 3. The molecule has 4 rings (SSSR count). The second kappa shape index (κ2) is 3.76. The number of rotatable bonds is 1. The van der Waals surface area contributed by atoms with E-state index < -0.39 is 0 Å². The van der Waals surface area contributed by atoms with E-state index in [1.54, 1.807) is 4.57 Å². The highest BCUT2D eigenvalue weighted by molar-refractivity contribution is 6.06. The first-order valence-electron chi connectivity index (χ1n) is 6.13. The lowest BCUT2D eigenvalue weighted by atomic mass is 10.2. The van der Waals surface area contributed by atoms with Gasteiger partial charge < -0.3 is 9.67 Å². The van der Waals surface area contributed by atoms with Crippen molar-refractivity contribution in [3.8, 4) is 0 Å². The molecule has 19 heavy (non-hydrogen) atoms. The molecule has 0 aliphatic carbocycles. The van der Waals surface area contributed by atoms with Crippen molar-refractivity contribution in [2.24, 2.45) is 0 Å². The molecule has 0 spiro atoms. The van der Waals surface area contributed by atoms with Gasteiger partial charge in [0.05, 0.1) is 16.6 Å². The van der Waals surface area contributed by atoms with E-state index in [0.717, 1.165) is 33.1 Å². The van der Waals surface area contributed by atoms with Crippen LogP contribution in [-0.2, 0) is 6.73 Å². The summed E-state index contributed by atoms with van der Waals surface area (Å²) in [5.74, 6) is 0. The van der Waals surface area contributed by atoms with Gasteiger partial charge in [-0.1, -0.05) is 30.3 Å². The maximum absolute atomic E-state index is 9.59. The third kappa shape index (κ3) is 1.37. The van der Waals surface area contributed by atoms with Crippen molar-refractivity contribution < 1.29 is 5.11 Å². The van der Waals surface area contributed by atoms with Gasteiger partial charge in [0.2, 0.25) is 0 Å². The molecule has 0 atom stereocenters. The quantitative estimate of drug-likeness (QED) is 0.564. The zero-order valence-electron chi connectivity index (χ0n) is 10.1. The first-order chi connectivity index (χ1) is 9.38. The van der Waals surface area contributed by atoms with Gasteiger partial charge >= 0.3 is 0 Å². The molecular formula is C15H11N3O. The fourth-order valence-electron chi connectivity index (χ4n) is 2.53. The Morgan fingerprint density at radius 1 is 0.895 bits per heavy atom. The van der Waals surface area contributed by atoms with Crippen molar-refractivity contribution in [1.82, 2.24) is 14.5 Å². The second-order valence-corrected chi connectivity index (χ2v) is 4.47. The largest absolute Gasteiger partial charge is 0.376 e. The van der Waals surface area contributed by atoms with Crippen LogP contribution < -0.4 is 0 Å². The molecule has 2 aromatic carbocycles. The topological polar surface area (TPSA) is 50.9 Å². The van der Waals surface area contributed by atoms with Gasteiger partial charge in [-0.2, -0.15) is 0 Å². The van der Waals surface area contributed by atoms with Gasteiger partial charge in [0.15, 0.2) is 5.65 Å². The van der Waals surface area contributed by atoms with E-state index in [0.29, 0.717) is 0 Å². The molecule has 0 aliphatic heterocycles. The molecule has 0 radical (unpaired) electrons. The number of aliphatic hydroxyl groups excluding tert-OH is 1. The SMILES string of the molecule is OCn1c2ccccc2c2nc3ccccc3nc21. The lowest BCUT2D eigenvalue weighted by Crippen LogP contribution is -1.98. The molecule has 2 aromatic heterocycles. The summed E-state index contributed by atoms with van der Waals surface area (Å²) in [4.78, 5) is 9.31. The fraction of sp³-hybridized carbons (Fsp3) is 0.0667. The van der Waals surface area contributed by atoms with E-state index in [-0.39, 0.29) is 6.73 Å². The maximum Gasteiger partial charge on any atom is 0.162 e. The lowest BCUT2D eigenvalue weighted by Gasteiger charge is -2.01. The Balaban J connectivity index is 2.29. The van der Waals surface area contributed by atoms with Gasteiger partial charge in [0, 0.05) is 5.39 Å². The van der Waals surface area contributed by atoms with Crippen LogP contribution >= 0.6 is 0 Å². The van der Waals surface area contributed by atoms with Gasteiger partial charge in [-0.25, -0.2) is 9.97 Å². The van der Waals surface area contributed by atoms with E-state index in [9.17, 15) is 5.11 Å². The van der Waals surface area contributed by atoms with Gasteiger partial charge in [-0.05, 0) is 18.2 Å². The minimum absolute atomic E-state index is 0.100. The first-order valence-corrected chi connectivity index (χ1v) is 6.13. The normalized spacial score (nSPS) is 11.6. The molecule has 0 saturated carbocycles. The van der Waals surface area contributed by atoms with Crippen molar-refractivity contribution in [2.75, 3.05) is 0 Å². The number of benzene rings is 2. The smallest absolute Gasteiger partial charge is 0.162 e. The number of nitrogens with zero attached hydrogens (tertiary/aromatic N) is 3. The Bertz CT molecular complexity index is 911. The monoisotopic (exact) mass is 249 g/mol. The van der Waals surface area contributed by atoms with Crippen molar-refractivity contribution in [2.45, 2.75) is 6.73 Å². The highest BCUT2D eigenvalue weighted by atomic mass is 16.3. The van der Waals surface area contributed by atoms with Crippen LogP contribution in [0.4, 0.5) is 0 Å². The first kappa shape index (κ1) is 10.5. The van der Waals surface area contributed by atoms with Gasteiger partial charge in [0.1, 0.15) is 12.2 Å². The molecule has 2 heterocycles. The zero-order valence-corrected chi connectivity index (χ0v) is 10.1. The molecular weight excluding hydrogens is 238 g/mol. The summed E-state index contributed by atoms with van der Waals surface area (Å²) in [7, 11) is 0. The molecule has 1 N–H and O–H groups in total. The van der Waals surface area contributed by atoms with Crippen molar-refractivity contribution >= 4 is 33.1 Å². The molecule has 4 aromatic rings. The Morgan fingerprint density at radius 2 is 1.58 bits per heavy atom. The van der Waals surface area contributed by atoms with Gasteiger partial charge in [-0.3, -0.25) is 0 Å². The van der Waals surface area contributed by atoms with E-state index in [4.69, 9.17) is 0 Å². The molecule has 4 nitrogen and oxygen atoms in total. The molecule has 0 amide bonds. The highest BCUT2D eigenvalue weighted by Crippen LogP contribution is 2.27. The van der Waals surface area contributed by atoms with Gasteiger partial charge in [-0.15, -0.1) is 0 Å². The number of para-hydroxylation sites is 3. The van der Waals surface area contributed by atoms with E-state index >= 15 is 0 Å². The third-order valence-electron chi connectivity index (χ3n) is 3.40. The summed E-state index contributed by atoms with van der Waals surface area (Å²) < 4.78 is 1.78. The third-order valence-corrected chi connectivity index (χ3v) is 3.40. The number of aliphatic hydroxyl groups is 1. The average molecular weight is 249 g/mol. The molecule has 0 fully saturated rings. The van der Waals surface area contributed by atoms with Crippen LogP contribution in [0.5, 0.6) is 0 Å². The Kier molecular flexibility index (Phi) is 2.07. The summed E-state index contributed by atoms with van der Waals surface area (Å²) in [6, 6.07) is 15.7. The Morgan fingerprint density at radius 3 is 2.37 bits per heavy atom. The minimum atomic E-state index is -0.100. The zero-order chi connectivity index (χ0) is 12.8. The lowest BCUT2D eigenvalue weighted by molar-refractivity contribution is 0.219. The van der Waals surface area contributed by atoms with Gasteiger partial charge in [0.25, 0.3) is 0 Å². The van der Waals surface area contributed by atoms with Crippen LogP contribution in [-0.4, -0.2) is 19.6 Å². The molecule has 4 heteroatoms. The van der Waals surface area contributed by atoms with Crippen LogP contribution in [0.15, 0.2) is 48.5 Å². The number of fused-ring (bicyclic) bond motifs is 4. The van der Waals surface area contributed by atoms with Crippen molar-refractivity contribution in [1.29, 1.82) is 0 Å². The summed E-state index contributed by atoms with van der Waals surface area (Å²) in [5, 5.41) is 10.6. The van der Waals surface area contributed by atoms with Crippen LogP contribution in [0, 0.1) is 0 Å². The predicted molar refractivity (Wildman–Crippen MR) is 74.8 cm³/mol. The van der Waals surface area contributed by atoms with Crippen molar-refractivity contribution in [3.05, 3.63) is 48.5 Å². The fourth-order valence-corrected chi connectivity index (χ4v) is 2.53. The van der Waals surface area contributed by atoms with Crippen LogP contribution in [0.1, 0.15) is 0 Å². The number of aromatic nitrogens is 3. The Hall–Kier alpha value is -2.46. The van der Waals surface area contributed by atoms with Crippen LogP contribution in [0.3, 0.4) is 0 Å². The summed E-state index contributed by atoms with van der Waals surface area (Å²) in [6.45, 7) is -0.100. The van der Waals surface area contributed by atoms with Crippen molar-refractivity contribution in [3.63, 3.8) is 0 Å². The maximum atomic E-state index is 9.59. The standard InChI is InChI=1S/C15H11N3O/c19-9-18-13-8-4-1-5-10(13)14-15(18)17-12-7-3-2-6-11(12)16-14/h1-8,19H,9H2. The molecule has 0 unspecified atom stereocenters. The molecule has 0 bridgehead atoms. The number of hydrogen-bond donors (Lipinski definition) is 1. The summed E-state index contributed by atoms with van der Waals surface area (Å²) in [5.41, 5.74) is 4.23. The Labute approximate surface area is 108 Å². The second-order valence-electron chi connectivity index (χ2n) is 4.47. The van der Waals surface area contributed by atoms with Crippen LogP contribution in [0.2, 0.25) is 0 Å². The molecule has 0 aliphatic rings. The highest BCUT2D eigenvalue weighted by Gasteiger charge is 2.12. The summed E-state index contributed by atoms with van der Waals surface area (Å²) in [6.07, 6.45) is 0. The van der Waals surface area contributed by atoms with Crippen LogP contribution in [0.25, 0.3) is 33.1 Å². The molecule has 0 saturated heterocycles. The van der Waals surface area contributed by atoms with E-state index in [2.05, 4.69) is 9.97 Å². The molecule has 92 valence electrons. The van der Waals surface area contributed by atoms with E-state index in [1.165, 1.54) is 0 Å². The minimum Gasteiger partial charge on any atom is -0.376 e. The summed E-state index contributed by atoms with van der Waals surface area (Å²) >= 11 is 0. The predicted octanol–water partition coefficient (Wildman–Crippen LogP) is 2.69. The average Bonchev–Trinajstić information content (AvgIpc) is 2.78. The van der Waals surface area contributed by atoms with E-state index in [1.807, 2.05) is 48.5 Å².